The van der Waals surface area contributed by atoms with Gasteiger partial charge in [0.25, 0.3) is 0 Å². The topological polar surface area (TPSA) is 105 Å². The van der Waals surface area contributed by atoms with Gasteiger partial charge in [0, 0.05) is 24.8 Å². The van der Waals surface area contributed by atoms with Crippen LogP contribution in [0.1, 0.15) is 31.9 Å². The van der Waals surface area contributed by atoms with Gasteiger partial charge >= 0.3 is 0 Å². The molecule has 31 heavy (non-hydrogen) atoms. The maximum Gasteiger partial charge on any atom is 0.238 e. The highest BCUT2D eigenvalue weighted by Crippen LogP contribution is 2.19. The molecule has 1 amide bonds. The van der Waals surface area contributed by atoms with Crippen molar-refractivity contribution in [3.05, 3.63) is 29.3 Å². The molecule has 0 fully saturated rings. The minimum atomic E-state index is -2.67. The van der Waals surface area contributed by atoms with Gasteiger partial charge in [-0.3, -0.25) is 9.69 Å². The summed E-state index contributed by atoms with van der Waals surface area (Å²) < 4.78 is 29.1. The van der Waals surface area contributed by atoms with Crippen LogP contribution in [0.3, 0.4) is 0 Å². The van der Waals surface area contributed by atoms with Crippen LogP contribution in [0.2, 0.25) is 0 Å². The number of aliphatic hydroxyl groups excluding tert-OH is 1. The quantitative estimate of drug-likeness (QED) is 0.486. The fraction of sp³-hybridized carbons (Fsp3) is 0.682. The lowest BCUT2D eigenvalue weighted by atomic mass is 10.1. The van der Waals surface area contributed by atoms with Gasteiger partial charge in [-0.1, -0.05) is 32.0 Å². The van der Waals surface area contributed by atoms with Crippen molar-refractivity contribution in [2.75, 3.05) is 70.5 Å². The van der Waals surface area contributed by atoms with Gasteiger partial charge in [0.2, 0.25) is 5.91 Å². The molecule has 2 N–H and O–H groups in total. The molecule has 1 aromatic rings. The second-order valence-corrected chi connectivity index (χ2v) is 9.24. The number of amides is 1. The first kappa shape index (κ1) is 31.7. The lowest BCUT2D eigenvalue weighted by Gasteiger charge is -2.18. The van der Waals surface area contributed by atoms with Crippen LogP contribution < -0.4 is 5.32 Å². The van der Waals surface area contributed by atoms with E-state index in [2.05, 4.69) is 24.1 Å². The van der Waals surface area contributed by atoms with Crippen molar-refractivity contribution in [3.8, 4) is 0 Å². The Kier molecular flexibility index (Phi) is 19.6. The summed E-state index contributed by atoms with van der Waals surface area (Å²) in [6.45, 7) is 14.8. The monoisotopic (exact) mass is 462 g/mol. The minimum absolute atomic E-state index is 0.0612. The van der Waals surface area contributed by atoms with Crippen molar-refractivity contribution in [2.45, 2.75) is 34.6 Å². The number of ether oxygens (including phenoxy) is 2. The number of nitrogens with one attached hydrogen (secondary N) is 1. The summed E-state index contributed by atoms with van der Waals surface area (Å²) >= 11 is 0. The fourth-order valence-electron chi connectivity index (χ4n) is 2.27. The van der Waals surface area contributed by atoms with Gasteiger partial charge in [0.05, 0.1) is 33.0 Å². The number of sulfone groups is 1. The highest BCUT2D eigenvalue weighted by atomic mass is 32.2. The van der Waals surface area contributed by atoms with Crippen LogP contribution in [0, 0.1) is 13.8 Å². The number of hydrogen-bond donors (Lipinski definition) is 2. The van der Waals surface area contributed by atoms with E-state index in [0.29, 0.717) is 26.4 Å². The van der Waals surface area contributed by atoms with Gasteiger partial charge in [-0.25, -0.2) is 8.42 Å². The predicted octanol–water partition coefficient (Wildman–Crippen LogP) is 2.28. The Morgan fingerprint density at radius 3 is 1.90 bits per heavy atom. The van der Waals surface area contributed by atoms with E-state index in [4.69, 9.17) is 14.6 Å². The Hall–Kier alpha value is -1.52. The maximum absolute atomic E-state index is 11.9. The van der Waals surface area contributed by atoms with Crippen LogP contribution in [0.15, 0.2) is 18.2 Å². The van der Waals surface area contributed by atoms with E-state index < -0.39 is 9.84 Å². The third-order valence-corrected chi connectivity index (χ3v) is 3.82. The molecule has 8 nitrogen and oxygen atoms in total. The second-order valence-electron chi connectivity index (χ2n) is 6.95. The SMILES string of the molecule is CCN(CC)CC(=O)Nc1c(C)cccc1C.CCOCCOCCO.CS(C)(=O)=O. The van der Waals surface area contributed by atoms with Gasteiger partial charge in [-0.05, 0) is 45.0 Å². The smallest absolute Gasteiger partial charge is 0.238 e. The van der Waals surface area contributed by atoms with Crippen molar-refractivity contribution in [2.24, 2.45) is 0 Å². The van der Waals surface area contributed by atoms with Crippen LogP contribution in [0.5, 0.6) is 0 Å². The Morgan fingerprint density at radius 2 is 1.48 bits per heavy atom. The average Bonchev–Trinajstić information content (AvgIpc) is 2.68. The Balaban J connectivity index is 0. The molecule has 1 rings (SSSR count). The number of carbonyl (C=O) groups excluding carboxylic acids is 1. The zero-order chi connectivity index (χ0) is 24.3. The molecular formula is C22H42N2O6S. The van der Waals surface area contributed by atoms with E-state index in [-0.39, 0.29) is 12.5 Å². The van der Waals surface area contributed by atoms with Crippen LogP contribution in [-0.4, -0.2) is 89.5 Å². The molecule has 1 aromatic carbocycles. The van der Waals surface area contributed by atoms with Gasteiger partial charge in [-0.15, -0.1) is 0 Å². The molecular weight excluding hydrogens is 420 g/mol. The Labute approximate surface area is 188 Å². The fourth-order valence-corrected chi connectivity index (χ4v) is 2.27. The van der Waals surface area contributed by atoms with Crippen molar-refractivity contribution in [3.63, 3.8) is 0 Å². The molecule has 0 aromatic heterocycles. The van der Waals surface area contributed by atoms with Crippen LogP contribution in [0.4, 0.5) is 5.69 Å². The summed E-state index contributed by atoms with van der Waals surface area (Å²) in [5.41, 5.74) is 3.17. The molecule has 0 aliphatic carbocycles. The number of anilines is 1. The van der Waals surface area contributed by atoms with E-state index in [0.717, 1.165) is 49.0 Å². The van der Waals surface area contributed by atoms with Gasteiger partial charge in [0.1, 0.15) is 9.84 Å². The van der Waals surface area contributed by atoms with E-state index >= 15 is 0 Å². The number of para-hydroxylation sites is 1. The highest BCUT2D eigenvalue weighted by Gasteiger charge is 2.10. The molecule has 0 spiro atoms. The second kappa shape index (κ2) is 19.2. The molecule has 0 atom stereocenters. The predicted molar refractivity (Wildman–Crippen MR) is 127 cm³/mol. The zero-order valence-corrected chi connectivity index (χ0v) is 21.0. The molecule has 9 heteroatoms. The van der Waals surface area contributed by atoms with Crippen molar-refractivity contribution in [1.82, 2.24) is 4.90 Å². The maximum atomic E-state index is 11.9. The molecule has 0 heterocycles. The number of aliphatic hydroxyl groups is 1. The third-order valence-electron chi connectivity index (χ3n) is 3.82. The number of hydrogen-bond acceptors (Lipinski definition) is 7. The van der Waals surface area contributed by atoms with Crippen molar-refractivity contribution >= 4 is 21.4 Å². The summed E-state index contributed by atoms with van der Waals surface area (Å²) in [5.74, 6) is 0.0612. The first-order chi connectivity index (χ1) is 14.5. The molecule has 0 radical (unpaired) electrons. The number of carbonyl (C=O) groups is 1. The summed E-state index contributed by atoms with van der Waals surface area (Å²) in [6.07, 6.45) is 2.32. The van der Waals surface area contributed by atoms with Crippen molar-refractivity contribution in [1.29, 1.82) is 0 Å². The number of rotatable bonds is 11. The van der Waals surface area contributed by atoms with Crippen LogP contribution in [0.25, 0.3) is 0 Å². The number of likely N-dealkylation sites (N-methyl/N-ethyl adjacent to an activating group) is 1. The third kappa shape index (κ3) is 21.5. The van der Waals surface area contributed by atoms with Gasteiger partial charge in [0.15, 0.2) is 0 Å². The molecule has 0 saturated heterocycles. The lowest BCUT2D eigenvalue weighted by Crippen LogP contribution is -2.33. The molecule has 0 unspecified atom stereocenters. The summed E-state index contributed by atoms with van der Waals surface area (Å²) in [5, 5.41) is 11.3. The largest absolute Gasteiger partial charge is 0.394 e. The average molecular weight is 463 g/mol. The minimum Gasteiger partial charge on any atom is -0.394 e. The van der Waals surface area contributed by atoms with E-state index in [1.807, 2.05) is 39.0 Å². The molecule has 0 aliphatic rings. The Bertz CT molecular complexity index is 657. The first-order valence-electron chi connectivity index (χ1n) is 10.5. The molecule has 0 saturated carbocycles. The molecule has 0 aliphatic heterocycles. The first-order valence-corrected chi connectivity index (χ1v) is 12.8. The summed E-state index contributed by atoms with van der Waals surface area (Å²) in [4.78, 5) is 14.0. The van der Waals surface area contributed by atoms with Crippen molar-refractivity contribution < 1.29 is 27.8 Å². The van der Waals surface area contributed by atoms with Crippen LogP contribution in [-0.2, 0) is 24.1 Å². The van der Waals surface area contributed by atoms with Gasteiger partial charge in [-0.2, -0.15) is 0 Å². The normalized spacial score (nSPS) is 10.6. The summed E-state index contributed by atoms with van der Waals surface area (Å²) in [7, 11) is -2.67. The van der Waals surface area contributed by atoms with Crippen LogP contribution >= 0.6 is 0 Å². The Morgan fingerprint density at radius 1 is 1.00 bits per heavy atom. The number of aryl methyl sites for hydroxylation is 2. The van der Waals surface area contributed by atoms with E-state index in [9.17, 15) is 13.2 Å². The lowest BCUT2D eigenvalue weighted by molar-refractivity contribution is -0.117. The highest BCUT2D eigenvalue weighted by molar-refractivity contribution is 7.89. The molecule has 182 valence electrons. The van der Waals surface area contributed by atoms with E-state index in [1.165, 1.54) is 0 Å². The number of nitrogens with zero attached hydrogens (tertiary/aromatic N) is 1. The number of benzene rings is 1. The standard InChI is InChI=1S/C14H22N2O.C6H14O3.C2H6O2S/c1-5-16(6-2)10-13(17)15-14-11(3)8-7-9-12(14)4;1-2-8-5-6-9-4-3-7;1-5(2,3)4/h7-9H,5-6,10H2,1-4H3,(H,15,17);7H,2-6H2,1H3;1-2H3. The molecule has 0 bridgehead atoms. The summed E-state index contributed by atoms with van der Waals surface area (Å²) in [6, 6.07) is 6.03. The van der Waals surface area contributed by atoms with E-state index in [1.54, 1.807) is 0 Å². The zero-order valence-electron chi connectivity index (χ0n) is 20.2. The van der Waals surface area contributed by atoms with Gasteiger partial charge < -0.3 is 19.9 Å².